The minimum atomic E-state index is -3.93. The van der Waals surface area contributed by atoms with Crippen LogP contribution in [0.3, 0.4) is 0 Å². The number of benzene rings is 6. The minimum absolute atomic E-state index is 0.0962. The second-order valence-corrected chi connectivity index (χ2v) is 10.6. The lowest BCUT2D eigenvalue weighted by Gasteiger charge is -2.12. The van der Waals surface area contributed by atoms with E-state index in [0.717, 1.165) is 32.3 Å². The zero-order valence-electron chi connectivity index (χ0n) is 20.6. The summed E-state index contributed by atoms with van der Waals surface area (Å²) in [7, 11) is -3.93. The molecule has 0 atom stereocenters. The molecule has 0 spiro atoms. The Morgan fingerprint density at radius 3 is 2.08 bits per heavy atom. The van der Waals surface area contributed by atoms with Gasteiger partial charge in [0, 0.05) is 5.56 Å². The van der Waals surface area contributed by atoms with Crippen molar-refractivity contribution < 1.29 is 17.9 Å². The zero-order chi connectivity index (χ0) is 26.8. The Morgan fingerprint density at radius 1 is 0.667 bits per heavy atom. The summed E-state index contributed by atoms with van der Waals surface area (Å²) in [6, 6.07) is 36.5. The van der Waals surface area contributed by atoms with E-state index in [2.05, 4.69) is 9.93 Å². The number of fused-ring (bicyclic) bond motifs is 3. The molecular weight excluding hydrogens is 508 g/mol. The lowest BCUT2D eigenvalue weighted by atomic mass is 10.0. The number of hydrogen-bond acceptors (Lipinski definition) is 5. The van der Waals surface area contributed by atoms with Gasteiger partial charge in [-0.2, -0.15) is 13.5 Å². The molecule has 0 saturated carbocycles. The molecule has 6 aromatic rings. The Morgan fingerprint density at radius 2 is 1.28 bits per heavy atom. The van der Waals surface area contributed by atoms with Crippen LogP contribution in [0.15, 0.2) is 131 Å². The second kappa shape index (κ2) is 10.0. The summed E-state index contributed by atoms with van der Waals surface area (Å²) in [5.74, 6) is -0.256. The molecule has 0 saturated heterocycles. The average Bonchev–Trinajstić information content (AvgIpc) is 2.97. The topological polar surface area (TPSA) is 84.8 Å². The summed E-state index contributed by atoms with van der Waals surface area (Å²) in [4.78, 5) is 15.7. The van der Waals surface area contributed by atoms with Crippen LogP contribution in [0.25, 0.3) is 32.3 Å². The van der Waals surface area contributed by atoms with Gasteiger partial charge in [0.1, 0.15) is 5.75 Å². The fourth-order valence-corrected chi connectivity index (χ4v) is 5.43. The number of hydrazone groups is 1. The van der Waals surface area contributed by atoms with Gasteiger partial charge < -0.3 is 4.74 Å². The molecule has 6 nitrogen and oxygen atoms in total. The number of nitrogens with zero attached hydrogens (tertiary/aromatic N) is 1. The van der Waals surface area contributed by atoms with E-state index in [1.165, 1.54) is 12.3 Å². The Labute approximate surface area is 225 Å². The summed E-state index contributed by atoms with van der Waals surface area (Å²) in [5, 5.41) is 9.16. The predicted molar refractivity (Wildman–Crippen MR) is 155 cm³/mol. The first-order valence-electron chi connectivity index (χ1n) is 12.2. The van der Waals surface area contributed by atoms with E-state index in [0.29, 0.717) is 11.1 Å². The van der Waals surface area contributed by atoms with Crippen LogP contribution in [0.4, 0.5) is 0 Å². The number of nitrogens with one attached hydrogen (secondary N) is 1. The van der Waals surface area contributed by atoms with Crippen molar-refractivity contribution in [2.45, 2.75) is 4.90 Å². The molecule has 0 fully saturated rings. The summed E-state index contributed by atoms with van der Waals surface area (Å²) >= 11 is 0. The Bertz CT molecular complexity index is 2010. The van der Waals surface area contributed by atoms with Crippen molar-refractivity contribution in [3.63, 3.8) is 0 Å². The fraction of sp³-hybridized carbons (Fsp3) is 0. The highest BCUT2D eigenvalue weighted by molar-refractivity contribution is 7.89. The SMILES string of the molecule is O=C(Oc1ccc2ccccc2c1/C=N/NS(=O)(=O)c1ccc2ccccc2c1)c1cccc2ccccc12. The molecule has 0 aliphatic carbocycles. The van der Waals surface area contributed by atoms with Crippen LogP contribution in [0.5, 0.6) is 5.75 Å². The molecule has 6 aromatic carbocycles. The normalized spacial score (nSPS) is 11.8. The third-order valence-electron chi connectivity index (χ3n) is 6.54. The first-order valence-corrected chi connectivity index (χ1v) is 13.7. The number of carbonyl (C=O) groups excluding carboxylic acids is 1. The van der Waals surface area contributed by atoms with Gasteiger partial charge in [0.05, 0.1) is 16.7 Å². The Balaban J connectivity index is 1.34. The molecule has 1 N–H and O–H groups in total. The van der Waals surface area contributed by atoms with Crippen molar-refractivity contribution in [2.75, 3.05) is 0 Å². The quantitative estimate of drug-likeness (QED) is 0.113. The van der Waals surface area contributed by atoms with Crippen molar-refractivity contribution in [1.82, 2.24) is 4.83 Å². The van der Waals surface area contributed by atoms with E-state index >= 15 is 0 Å². The van der Waals surface area contributed by atoms with E-state index < -0.39 is 16.0 Å². The molecule has 190 valence electrons. The maximum atomic E-state index is 13.3. The third-order valence-corrected chi connectivity index (χ3v) is 7.76. The summed E-state index contributed by atoms with van der Waals surface area (Å²) in [6.07, 6.45) is 1.37. The van der Waals surface area contributed by atoms with Gasteiger partial charge in [-0.05, 0) is 56.6 Å². The minimum Gasteiger partial charge on any atom is -0.422 e. The van der Waals surface area contributed by atoms with Gasteiger partial charge in [-0.1, -0.05) is 97.1 Å². The van der Waals surface area contributed by atoms with Crippen molar-refractivity contribution in [2.24, 2.45) is 5.10 Å². The van der Waals surface area contributed by atoms with E-state index in [4.69, 9.17) is 4.74 Å². The molecule has 0 heterocycles. The van der Waals surface area contributed by atoms with Crippen molar-refractivity contribution in [3.8, 4) is 5.75 Å². The highest BCUT2D eigenvalue weighted by Gasteiger charge is 2.17. The molecule has 0 unspecified atom stereocenters. The molecule has 0 aliphatic rings. The van der Waals surface area contributed by atoms with Crippen LogP contribution in [0, 0.1) is 0 Å². The zero-order valence-corrected chi connectivity index (χ0v) is 21.4. The lowest BCUT2D eigenvalue weighted by molar-refractivity contribution is 0.0737. The van der Waals surface area contributed by atoms with Crippen molar-refractivity contribution >= 4 is 54.5 Å². The van der Waals surface area contributed by atoms with Gasteiger partial charge in [0.15, 0.2) is 0 Å². The van der Waals surface area contributed by atoms with Crippen LogP contribution in [0.1, 0.15) is 15.9 Å². The number of esters is 1. The maximum absolute atomic E-state index is 13.3. The fourth-order valence-electron chi connectivity index (χ4n) is 4.60. The molecule has 0 aromatic heterocycles. The van der Waals surface area contributed by atoms with Gasteiger partial charge in [-0.3, -0.25) is 0 Å². The van der Waals surface area contributed by atoms with Crippen LogP contribution in [-0.4, -0.2) is 20.6 Å². The van der Waals surface area contributed by atoms with Gasteiger partial charge in [0.25, 0.3) is 10.0 Å². The highest BCUT2D eigenvalue weighted by Crippen LogP contribution is 2.29. The highest BCUT2D eigenvalue weighted by atomic mass is 32.2. The lowest BCUT2D eigenvalue weighted by Crippen LogP contribution is -2.18. The van der Waals surface area contributed by atoms with E-state index in [-0.39, 0.29) is 10.6 Å². The average molecular weight is 531 g/mol. The maximum Gasteiger partial charge on any atom is 0.344 e. The molecule has 7 heteroatoms. The van der Waals surface area contributed by atoms with Gasteiger partial charge in [-0.15, -0.1) is 0 Å². The van der Waals surface area contributed by atoms with Crippen molar-refractivity contribution in [1.29, 1.82) is 0 Å². The molecular formula is C32H22N2O4S. The van der Waals surface area contributed by atoms with Gasteiger partial charge >= 0.3 is 5.97 Å². The van der Waals surface area contributed by atoms with Crippen molar-refractivity contribution in [3.05, 3.63) is 132 Å². The van der Waals surface area contributed by atoms with Crippen LogP contribution < -0.4 is 9.57 Å². The summed E-state index contributed by atoms with van der Waals surface area (Å²) in [6.45, 7) is 0. The number of rotatable bonds is 6. The molecule has 39 heavy (non-hydrogen) atoms. The monoisotopic (exact) mass is 530 g/mol. The number of carbonyl (C=O) groups is 1. The molecule has 0 bridgehead atoms. The first-order chi connectivity index (χ1) is 19.0. The van der Waals surface area contributed by atoms with Crippen LogP contribution >= 0.6 is 0 Å². The summed E-state index contributed by atoms with van der Waals surface area (Å²) in [5.41, 5.74) is 0.907. The second-order valence-electron chi connectivity index (χ2n) is 8.98. The molecule has 0 radical (unpaired) electrons. The first kappa shape index (κ1) is 24.3. The third kappa shape index (κ3) is 4.83. The Hall–Kier alpha value is -5.01. The Kier molecular flexibility index (Phi) is 6.26. The molecule has 0 amide bonds. The van der Waals surface area contributed by atoms with Gasteiger partial charge in [-0.25, -0.2) is 9.63 Å². The van der Waals surface area contributed by atoms with Gasteiger partial charge in [0.2, 0.25) is 0 Å². The standard InChI is InChI=1S/C32H22N2O4S/c35-32(29-15-7-12-23-9-3-5-13-27(23)29)38-31-19-17-24-10-4-6-14-28(24)30(31)21-33-34-39(36,37)26-18-16-22-8-1-2-11-25(22)20-26/h1-21,34H/b33-21+. The van der Waals surface area contributed by atoms with E-state index in [1.807, 2.05) is 91.0 Å². The molecule has 6 rings (SSSR count). The number of sulfonamides is 1. The smallest absolute Gasteiger partial charge is 0.344 e. The largest absolute Gasteiger partial charge is 0.422 e. The van der Waals surface area contributed by atoms with Crippen LogP contribution in [-0.2, 0) is 10.0 Å². The van der Waals surface area contributed by atoms with E-state index in [1.54, 1.807) is 24.3 Å². The summed E-state index contributed by atoms with van der Waals surface area (Å²) < 4.78 is 31.8. The predicted octanol–water partition coefficient (Wildman–Crippen LogP) is 6.68. The van der Waals surface area contributed by atoms with E-state index in [9.17, 15) is 13.2 Å². The van der Waals surface area contributed by atoms with Crippen LogP contribution in [0.2, 0.25) is 0 Å². The number of hydrogen-bond donors (Lipinski definition) is 1. The molecule has 0 aliphatic heterocycles. The number of ether oxygens (including phenoxy) is 1.